The Hall–Kier alpha value is -2.99. The molecule has 0 fully saturated rings. The lowest BCUT2D eigenvalue weighted by atomic mass is 10.1. The summed E-state index contributed by atoms with van der Waals surface area (Å²) in [5.74, 6) is -0.671. The third-order valence-electron chi connectivity index (χ3n) is 3.47. The summed E-state index contributed by atoms with van der Waals surface area (Å²) in [6, 6.07) is 16.2. The van der Waals surface area contributed by atoms with Crippen molar-refractivity contribution >= 4 is 28.9 Å². The maximum Gasteiger partial charge on any atom is 0.338 e. The molecule has 1 heterocycles. The van der Waals surface area contributed by atoms with Gasteiger partial charge in [-0.15, -0.1) is 11.3 Å². The van der Waals surface area contributed by atoms with Gasteiger partial charge >= 0.3 is 5.97 Å². The Morgan fingerprint density at radius 1 is 1.08 bits per heavy atom. The summed E-state index contributed by atoms with van der Waals surface area (Å²) in [5.41, 5.74) is 4.02. The van der Waals surface area contributed by atoms with Gasteiger partial charge in [0.2, 0.25) is 0 Å². The van der Waals surface area contributed by atoms with E-state index in [9.17, 15) is 9.59 Å². The number of ether oxygens (including phenoxy) is 1. The lowest BCUT2D eigenvalue weighted by Crippen LogP contribution is -2.13. The monoisotopic (exact) mass is 352 g/mol. The second-order valence-electron chi connectivity index (χ2n) is 5.15. The molecule has 5 nitrogen and oxygen atoms in total. The Morgan fingerprint density at radius 2 is 1.80 bits per heavy atom. The van der Waals surface area contributed by atoms with Gasteiger partial charge in [-0.3, -0.25) is 4.79 Å². The topological polar surface area (TPSA) is 68.3 Å². The van der Waals surface area contributed by atoms with E-state index in [1.54, 1.807) is 36.7 Å². The molecule has 0 spiro atoms. The summed E-state index contributed by atoms with van der Waals surface area (Å²) in [6.07, 6.45) is 0. The zero-order chi connectivity index (χ0) is 17.6. The predicted molar refractivity (Wildman–Crippen MR) is 97.9 cm³/mol. The van der Waals surface area contributed by atoms with Crippen molar-refractivity contribution in [1.29, 1.82) is 0 Å². The summed E-state index contributed by atoms with van der Waals surface area (Å²) < 4.78 is 4.94. The Labute approximate surface area is 149 Å². The van der Waals surface area contributed by atoms with Gasteiger partial charge in [-0.2, -0.15) is 0 Å². The summed E-state index contributed by atoms with van der Waals surface area (Å²) in [6.45, 7) is 2.08. The number of benzene rings is 2. The highest BCUT2D eigenvalue weighted by Gasteiger charge is 2.16. The molecule has 0 unspecified atom stereocenters. The first kappa shape index (κ1) is 16.9. The first-order valence-electron chi connectivity index (χ1n) is 7.76. The minimum Gasteiger partial charge on any atom is -0.462 e. The van der Waals surface area contributed by atoms with Crippen molar-refractivity contribution in [3.63, 3.8) is 0 Å². The smallest absolute Gasteiger partial charge is 0.338 e. The van der Waals surface area contributed by atoms with Gasteiger partial charge in [-0.25, -0.2) is 9.78 Å². The first-order valence-corrected chi connectivity index (χ1v) is 8.64. The lowest BCUT2D eigenvalue weighted by Gasteiger charge is -2.07. The second-order valence-corrected chi connectivity index (χ2v) is 6.00. The van der Waals surface area contributed by atoms with Gasteiger partial charge in [-0.05, 0) is 36.8 Å². The highest BCUT2D eigenvalue weighted by atomic mass is 32.1. The predicted octanol–water partition coefficient (Wildman–Crippen LogP) is 4.24. The van der Waals surface area contributed by atoms with Crippen LogP contribution in [0.5, 0.6) is 0 Å². The van der Waals surface area contributed by atoms with Crippen LogP contribution in [0.2, 0.25) is 0 Å². The normalized spacial score (nSPS) is 10.3. The van der Waals surface area contributed by atoms with Crippen LogP contribution < -0.4 is 5.32 Å². The average molecular weight is 352 g/mol. The number of nitrogens with one attached hydrogen (secondary N) is 1. The fourth-order valence-electron chi connectivity index (χ4n) is 2.30. The van der Waals surface area contributed by atoms with Crippen LogP contribution in [-0.4, -0.2) is 23.5 Å². The number of amides is 1. The number of esters is 1. The van der Waals surface area contributed by atoms with Crippen LogP contribution in [0.15, 0.2) is 60.1 Å². The lowest BCUT2D eigenvalue weighted by molar-refractivity contribution is 0.0526. The fraction of sp³-hybridized carbons (Fsp3) is 0.105. The largest absolute Gasteiger partial charge is 0.462 e. The quantitative estimate of drug-likeness (QED) is 0.698. The highest BCUT2D eigenvalue weighted by Crippen LogP contribution is 2.28. The average Bonchev–Trinajstić information content (AvgIpc) is 3.13. The minimum absolute atomic E-state index is 0.288. The van der Waals surface area contributed by atoms with Gasteiger partial charge in [0.05, 0.1) is 22.6 Å². The molecule has 1 N–H and O–H groups in total. The van der Waals surface area contributed by atoms with E-state index >= 15 is 0 Å². The maximum absolute atomic E-state index is 12.5. The van der Waals surface area contributed by atoms with Crippen molar-refractivity contribution in [2.45, 2.75) is 6.92 Å². The molecular weight excluding hydrogens is 336 g/mol. The minimum atomic E-state index is -0.383. The van der Waals surface area contributed by atoms with Gasteiger partial charge in [0.15, 0.2) is 0 Å². The van der Waals surface area contributed by atoms with Crippen molar-refractivity contribution in [2.75, 3.05) is 11.9 Å². The van der Waals surface area contributed by atoms with Crippen molar-refractivity contribution in [3.8, 4) is 10.4 Å². The van der Waals surface area contributed by atoms with E-state index in [-0.39, 0.29) is 11.9 Å². The molecule has 0 saturated heterocycles. The third kappa shape index (κ3) is 3.92. The maximum atomic E-state index is 12.5. The Bertz CT molecular complexity index is 873. The van der Waals surface area contributed by atoms with Crippen LogP contribution in [0.25, 0.3) is 10.4 Å². The molecule has 0 aliphatic carbocycles. The first-order chi connectivity index (χ1) is 12.2. The SMILES string of the molecule is CCOC(=O)c1ccc(NC(=O)c2ncsc2-c2ccccc2)cc1. The molecule has 0 saturated carbocycles. The molecular formula is C19H16N2O3S. The Kier molecular flexibility index (Phi) is 5.20. The summed E-state index contributed by atoms with van der Waals surface area (Å²) in [4.78, 5) is 29.2. The number of carbonyl (C=O) groups is 2. The molecule has 3 rings (SSSR count). The van der Waals surface area contributed by atoms with Crippen molar-refractivity contribution < 1.29 is 14.3 Å². The Balaban J connectivity index is 1.75. The van der Waals surface area contributed by atoms with E-state index in [4.69, 9.17) is 4.74 Å². The van der Waals surface area contributed by atoms with Gasteiger partial charge in [0.1, 0.15) is 5.69 Å². The van der Waals surface area contributed by atoms with Gasteiger partial charge in [-0.1, -0.05) is 30.3 Å². The molecule has 0 aliphatic rings. The van der Waals surface area contributed by atoms with E-state index in [2.05, 4.69) is 10.3 Å². The summed E-state index contributed by atoms with van der Waals surface area (Å²) >= 11 is 1.42. The van der Waals surface area contributed by atoms with Crippen molar-refractivity contribution in [2.24, 2.45) is 0 Å². The van der Waals surface area contributed by atoms with Crippen LogP contribution in [0.1, 0.15) is 27.8 Å². The Morgan fingerprint density at radius 3 is 2.48 bits per heavy atom. The molecule has 25 heavy (non-hydrogen) atoms. The number of hydrogen-bond donors (Lipinski definition) is 1. The zero-order valence-corrected chi connectivity index (χ0v) is 14.4. The highest BCUT2D eigenvalue weighted by molar-refractivity contribution is 7.13. The number of aromatic nitrogens is 1. The fourth-order valence-corrected chi connectivity index (χ4v) is 3.09. The molecule has 126 valence electrons. The van der Waals surface area contributed by atoms with Crippen LogP contribution in [0, 0.1) is 0 Å². The number of nitrogens with zero attached hydrogens (tertiary/aromatic N) is 1. The molecule has 0 aliphatic heterocycles. The van der Waals surface area contributed by atoms with Crippen molar-refractivity contribution in [3.05, 3.63) is 71.4 Å². The molecule has 1 aromatic heterocycles. The van der Waals surface area contributed by atoms with E-state index in [0.717, 1.165) is 10.4 Å². The number of rotatable bonds is 5. The molecule has 3 aromatic rings. The molecule has 1 amide bonds. The van der Waals surface area contributed by atoms with Gasteiger partial charge in [0, 0.05) is 5.69 Å². The second kappa shape index (κ2) is 7.72. The molecule has 6 heteroatoms. The third-order valence-corrected chi connectivity index (χ3v) is 4.35. The summed E-state index contributed by atoms with van der Waals surface area (Å²) in [7, 11) is 0. The van der Waals surface area contributed by atoms with E-state index < -0.39 is 0 Å². The molecule has 0 atom stereocenters. The standard InChI is InChI=1S/C19H16N2O3S/c1-2-24-19(23)14-8-10-15(11-9-14)21-18(22)16-17(25-12-20-16)13-6-4-3-5-7-13/h3-12H,2H2,1H3,(H,21,22). The van der Waals surface area contributed by atoms with E-state index in [1.165, 1.54) is 11.3 Å². The van der Waals surface area contributed by atoms with Crippen LogP contribution in [-0.2, 0) is 4.74 Å². The zero-order valence-electron chi connectivity index (χ0n) is 13.6. The van der Waals surface area contributed by atoms with Crippen molar-refractivity contribution in [1.82, 2.24) is 4.98 Å². The van der Waals surface area contributed by atoms with Crippen LogP contribution in [0.4, 0.5) is 5.69 Å². The number of hydrogen-bond acceptors (Lipinski definition) is 5. The van der Waals surface area contributed by atoms with E-state index in [0.29, 0.717) is 23.6 Å². The number of thiazole rings is 1. The number of carbonyl (C=O) groups excluding carboxylic acids is 2. The summed E-state index contributed by atoms with van der Waals surface area (Å²) in [5, 5.41) is 2.81. The van der Waals surface area contributed by atoms with Gasteiger partial charge < -0.3 is 10.1 Å². The van der Waals surface area contributed by atoms with Gasteiger partial charge in [0.25, 0.3) is 5.91 Å². The van der Waals surface area contributed by atoms with Crippen LogP contribution >= 0.6 is 11.3 Å². The molecule has 0 bridgehead atoms. The van der Waals surface area contributed by atoms with Crippen LogP contribution in [0.3, 0.4) is 0 Å². The van der Waals surface area contributed by atoms with E-state index in [1.807, 2.05) is 30.3 Å². The number of anilines is 1. The molecule has 0 radical (unpaired) electrons. The molecule has 2 aromatic carbocycles.